The van der Waals surface area contributed by atoms with Crippen LogP contribution in [0.25, 0.3) is 0 Å². The summed E-state index contributed by atoms with van der Waals surface area (Å²) in [5, 5.41) is 12.5. The Labute approximate surface area is 170 Å². The molecule has 1 atom stereocenters. The number of allylic oxidation sites excluding steroid dienone is 1. The van der Waals surface area contributed by atoms with Crippen molar-refractivity contribution >= 4 is 11.6 Å². The van der Waals surface area contributed by atoms with Crippen LogP contribution in [0.15, 0.2) is 35.7 Å². The number of fused-ring (bicyclic) bond motifs is 1. The number of rotatable bonds is 5. The van der Waals surface area contributed by atoms with E-state index in [1.54, 1.807) is 24.4 Å². The van der Waals surface area contributed by atoms with Gasteiger partial charge in [0.1, 0.15) is 5.75 Å². The fraction of sp³-hybridized carbons (Fsp3) is 0.318. The number of pyridine rings is 1. The Morgan fingerprint density at radius 3 is 2.66 bits per heavy atom. The highest BCUT2D eigenvalue weighted by molar-refractivity contribution is 5.98. The van der Waals surface area contributed by atoms with Crippen molar-refractivity contribution in [3.05, 3.63) is 57.9 Å². The van der Waals surface area contributed by atoms with Gasteiger partial charge >= 0.3 is 0 Å². The molecule has 0 spiro atoms. The topological polar surface area (TPSA) is 110 Å². The van der Waals surface area contributed by atoms with Gasteiger partial charge in [-0.1, -0.05) is 6.07 Å². The Morgan fingerprint density at radius 1 is 1.34 bits per heavy atom. The molecule has 0 saturated carbocycles. The Hall–Kier alpha value is -3.53. The molecule has 7 heteroatoms. The predicted molar refractivity (Wildman–Crippen MR) is 110 cm³/mol. The standard InChI is InChI=1S/C22H24N4O3/c1-11(2)29-22-19-18(15-7-6-14(9-23)8-16(15)28-5)17(21(24)27)13(4)26-20(19)12(3)10-25-22/h6-8,10-11,18,26H,1-5H3,(H2,24,27). The first-order valence-corrected chi connectivity index (χ1v) is 9.30. The third-order valence-corrected chi connectivity index (χ3v) is 4.85. The molecular weight excluding hydrogens is 368 g/mol. The summed E-state index contributed by atoms with van der Waals surface area (Å²) in [6.07, 6.45) is 1.63. The highest BCUT2D eigenvalue weighted by atomic mass is 16.5. The molecule has 1 aromatic carbocycles. The first-order chi connectivity index (χ1) is 13.8. The fourth-order valence-electron chi connectivity index (χ4n) is 3.63. The Kier molecular flexibility index (Phi) is 5.46. The number of primary amides is 1. The number of anilines is 1. The number of aryl methyl sites for hydroxylation is 1. The second kappa shape index (κ2) is 7.84. The molecule has 2 heterocycles. The molecule has 150 valence electrons. The number of benzene rings is 1. The van der Waals surface area contributed by atoms with Crippen molar-refractivity contribution in [2.24, 2.45) is 5.73 Å². The number of ether oxygens (including phenoxy) is 2. The molecule has 3 rings (SSSR count). The van der Waals surface area contributed by atoms with Gasteiger partial charge in [0.05, 0.1) is 42.0 Å². The smallest absolute Gasteiger partial charge is 0.247 e. The predicted octanol–water partition coefficient (Wildman–Crippen LogP) is 3.37. The van der Waals surface area contributed by atoms with Gasteiger partial charge in [-0.25, -0.2) is 4.98 Å². The molecule has 3 N–H and O–H groups in total. The van der Waals surface area contributed by atoms with Crippen LogP contribution < -0.4 is 20.5 Å². The Morgan fingerprint density at radius 2 is 2.07 bits per heavy atom. The number of nitrogens with one attached hydrogen (secondary N) is 1. The second-order valence-corrected chi connectivity index (χ2v) is 7.23. The zero-order valence-electron chi connectivity index (χ0n) is 17.2. The number of carbonyl (C=O) groups is 1. The first kappa shape index (κ1) is 20.2. The van der Waals surface area contributed by atoms with Crippen LogP contribution >= 0.6 is 0 Å². The van der Waals surface area contributed by atoms with E-state index in [-0.39, 0.29) is 6.10 Å². The molecule has 0 fully saturated rings. The minimum absolute atomic E-state index is 0.109. The number of amides is 1. The maximum Gasteiger partial charge on any atom is 0.247 e. The Balaban J connectivity index is 2.37. The lowest BCUT2D eigenvalue weighted by molar-refractivity contribution is -0.114. The third kappa shape index (κ3) is 3.61. The molecule has 1 unspecified atom stereocenters. The molecule has 1 aliphatic rings. The molecule has 7 nitrogen and oxygen atoms in total. The SMILES string of the molecule is COc1cc(C#N)ccc1C1C(C(N)=O)=C(C)Nc2c(C)cnc(OC(C)C)c21. The molecule has 0 bridgehead atoms. The van der Waals surface area contributed by atoms with Crippen LogP contribution in [-0.4, -0.2) is 24.1 Å². The van der Waals surface area contributed by atoms with Crippen molar-refractivity contribution in [1.29, 1.82) is 5.26 Å². The van der Waals surface area contributed by atoms with Crippen LogP contribution in [0.5, 0.6) is 11.6 Å². The van der Waals surface area contributed by atoms with Gasteiger partial charge in [-0.3, -0.25) is 4.79 Å². The van der Waals surface area contributed by atoms with E-state index in [1.165, 1.54) is 7.11 Å². The highest BCUT2D eigenvalue weighted by Gasteiger charge is 2.37. The zero-order valence-corrected chi connectivity index (χ0v) is 17.2. The summed E-state index contributed by atoms with van der Waals surface area (Å²) in [5.41, 5.74) is 10.5. The second-order valence-electron chi connectivity index (χ2n) is 7.23. The average molecular weight is 392 g/mol. The van der Waals surface area contributed by atoms with Gasteiger partial charge in [0.15, 0.2) is 0 Å². The summed E-state index contributed by atoms with van der Waals surface area (Å²) in [5.74, 6) is -0.178. The number of hydrogen-bond donors (Lipinski definition) is 2. The van der Waals surface area contributed by atoms with Crippen LogP contribution in [0.1, 0.15) is 48.9 Å². The van der Waals surface area contributed by atoms with Crippen molar-refractivity contribution in [3.8, 4) is 17.7 Å². The normalized spacial score (nSPS) is 15.4. The number of nitrogens with two attached hydrogens (primary N) is 1. The minimum atomic E-state index is -0.549. The van der Waals surface area contributed by atoms with Gasteiger partial charge in [0.25, 0.3) is 0 Å². The van der Waals surface area contributed by atoms with Gasteiger partial charge in [0, 0.05) is 23.0 Å². The third-order valence-electron chi connectivity index (χ3n) is 4.85. The quantitative estimate of drug-likeness (QED) is 0.807. The average Bonchev–Trinajstić information content (AvgIpc) is 2.68. The molecule has 0 radical (unpaired) electrons. The molecule has 1 amide bonds. The minimum Gasteiger partial charge on any atom is -0.496 e. The number of nitriles is 1. The molecule has 29 heavy (non-hydrogen) atoms. The summed E-state index contributed by atoms with van der Waals surface area (Å²) in [6.45, 7) is 7.58. The monoisotopic (exact) mass is 392 g/mol. The van der Waals surface area contributed by atoms with E-state index < -0.39 is 11.8 Å². The van der Waals surface area contributed by atoms with Gasteiger partial charge < -0.3 is 20.5 Å². The fourth-order valence-corrected chi connectivity index (χ4v) is 3.63. The molecule has 2 aromatic rings. The van der Waals surface area contributed by atoms with E-state index in [0.29, 0.717) is 34.0 Å². The van der Waals surface area contributed by atoms with E-state index >= 15 is 0 Å². The van der Waals surface area contributed by atoms with Crippen molar-refractivity contribution in [3.63, 3.8) is 0 Å². The lowest BCUT2D eigenvalue weighted by Crippen LogP contribution is -2.29. The molecule has 1 aliphatic heterocycles. The number of methoxy groups -OCH3 is 1. The summed E-state index contributed by atoms with van der Waals surface area (Å²) < 4.78 is 11.5. The summed E-state index contributed by atoms with van der Waals surface area (Å²) in [4.78, 5) is 17.0. The van der Waals surface area contributed by atoms with Crippen molar-refractivity contribution in [2.75, 3.05) is 12.4 Å². The van der Waals surface area contributed by atoms with E-state index in [0.717, 1.165) is 16.8 Å². The molecule has 1 aromatic heterocycles. The van der Waals surface area contributed by atoms with E-state index in [2.05, 4.69) is 16.4 Å². The van der Waals surface area contributed by atoms with Gasteiger partial charge in [0.2, 0.25) is 11.8 Å². The molecule has 0 saturated heterocycles. The van der Waals surface area contributed by atoms with Crippen LogP contribution in [0.3, 0.4) is 0 Å². The number of hydrogen-bond acceptors (Lipinski definition) is 6. The lowest BCUT2D eigenvalue weighted by atomic mass is 9.79. The largest absolute Gasteiger partial charge is 0.496 e. The lowest BCUT2D eigenvalue weighted by Gasteiger charge is -2.32. The van der Waals surface area contributed by atoms with Gasteiger partial charge in [-0.2, -0.15) is 5.26 Å². The van der Waals surface area contributed by atoms with Crippen LogP contribution in [0.4, 0.5) is 5.69 Å². The van der Waals surface area contributed by atoms with Crippen LogP contribution in [-0.2, 0) is 4.79 Å². The maximum atomic E-state index is 12.5. The number of carbonyl (C=O) groups excluding carboxylic acids is 1. The van der Waals surface area contributed by atoms with Crippen LogP contribution in [0, 0.1) is 18.3 Å². The molecule has 0 aliphatic carbocycles. The van der Waals surface area contributed by atoms with Gasteiger partial charge in [-0.15, -0.1) is 0 Å². The van der Waals surface area contributed by atoms with E-state index in [1.807, 2.05) is 27.7 Å². The van der Waals surface area contributed by atoms with E-state index in [4.69, 9.17) is 15.2 Å². The maximum absolute atomic E-state index is 12.5. The highest BCUT2D eigenvalue weighted by Crippen LogP contribution is 2.48. The van der Waals surface area contributed by atoms with E-state index in [9.17, 15) is 10.1 Å². The summed E-state index contributed by atoms with van der Waals surface area (Å²) >= 11 is 0. The van der Waals surface area contributed by atoms with Crippen molar-refractivity contribution < 1.29 is 14.3 Å². The summed E-state index contributed by atoms with van der Waals surface area (Å²) in [7, 11) is 1.53. The van der Waals surface area contributed by atoms with Crippen molar-refractivity contribution in [2.45, 2.75) is 39.7 Å². The van der Waals surface area contributed by atoms with Gasteiger partial charge in [-0.05, 0) is 45.4 Å². The Bertz CT molecular complexity index is 1050. The first-order valence-electron chi connectivity index (χ1n) is 9.30. The van der Waals surface area contributed by atoms with Crippen molar-refractivity contribution in [1.82, 2.24) is 4.98 Å². The number of aromatic nitrogens is 1. The zero-order chi connectivity index (χ0) is 21.3. The molecular formula is C22H24N4O3. The van der Waals surface area contributed by atoms with Crippen LogP contribution in [0.2, 0.25) is 0 Å². The summed E-state index contributed by atoms with van der Waals surface area (Å²) in [6, 6.07) is 7.24. The number of nitrogens with zero attached hydrogens (tertiary/aromatic N) is 2.